The standard InChI is InChI=1S/C21H35FN.C2HF3O2/c1-2-3-4-5-6-7-8-9-16-23(17-10-11-18-23)19-20-12-14-21(22)15-13-20;3-2(4,5)1(6)7/h12-15H,2-11,16-19H2,1H3;(H,6,7)/q+1;/p-1. The van der Waals surface area contributed by atoms with Crippen molar-refractivity contribution in [1.29, 1.82) is 0 Å². The second-order valence-corrected chi connectivity index (χ2v) is 8.26. The van der Waals surface area contributed by atoms with Crippen molar-refractivity contribution in [2.45, 2.75) is 83.9 Å². The molecule has 30 heavy (non-hydrogen) atoms. The van der Waals surface area contributed by atoms with Gasteiger partial charge < -0.3 is 14.4 Å². The molecule has 0 unspecified atom stereocenters. The molecule has 0 N–H and O–H groups in total. The summed E-state index contributed by atoms with van der Waals surface area (Å²) in [7, 11) is 0. The number of carboxylic acid groups (broad SMARTS) is 1. The molecule has 0 spiro atoms. The predicted octanol–water partition coefficient (Wildman–Crippen LogP) is 5.38. The van der Waals surface area contributed by atoms with E-state index in [0.29, 0.717) is 0 Å². The molecule has 1 heterocycles. The van der Waals surface area contributed by atoms with Crippen LogP contribution in [0, 0.1) is 5.82 Å². The zero-order valence-electron chi connectivity index (χ0n) is 18.0. The quantitative estimate of drug-likeness (QED) is 0.267. The number of rotatable bonds is 11. The normalized spacial score (nSPS) is 15.5. The zero-order valence-corrected chi connectivity index (χ0v) is 18.0. The van der Waals surface area contributed by atoms with Gasteiger partial charge in [0.25, 0.3) is 0 Å². The first kappa shape index (κ1) is 26.4. The minimum absolute atomic E-state index is 0.121. The maximum atomic E-state index is 13.1. The van der Waals surface area contributed by atoms with E-state index >= 15 is 0 Å². The molecule has 0 aromatic heterocycles. The highest BCUT2D eigenvalue weighted by atomic mass is 19.4. The summed E-state index contributed by atoms with van der Waals surface area (Å²) in [5.74, 6) is -3.13. The SMILES string of the molecule is CCCCCCCCCC[N+]1(Cc2ccc(F)cc2)CCCC1.O=C([O-])C(F)(F)F. The fraction of sp³-hybridized carbons (Fsp3) is 0.696. The third-order valence-electron chi connectivity index (χ3n) is 5.66. The molecule has 1 aromatic rings. The lowest BCUT2D eigenvalue weighted by Gasteiger charge is -2.34. The first-order valence-electron chi connectivity index (χ1n) is 11.1. The number of unbranched alkanes of at least 4 members (excludes halogenated alkanes) is 7. The van der Waals surface area contributed by atoms with Gasteiger partial charge in [-0.2, -0.15) is 13.2 Å². The largest absolute Gasteiger partial charge is 0.542 e. The maximum Gasteiger partial charge on any atom is 0.430 e. The number of halogens is 4. The Morgan fingerprint density at radius 3 is 1.87 bits per heavy atom. The smallest absolute Gasteiger partial charge is 0.430 e. The molecule has 1 aromatic carbocycles. The first-order valence-corrected chi connectivity index (χ1v) is 11.1. The molecule has 0 aliphatic carbocycles. The van der Waals surface area contributed by atoms with Crippen molar-refractivity contribution in [1.82, 2.24) is 0 Å². The molecule has 0 radical (unpaired) electrons. The number of likely N-dealkylation sites (tertiary alicyclic amines) is 1. The third kappa shape index (κ3) is 11.0. The van der Waals surface area contributed by atoms with E-state index in [0.717, 1.165) is 6.54 Å². The molecule has 0 amide bonds. The van der Waals surface area contributed by atoms with E-state index in [1.165, 1.54) is 93.9 Å². The van der Waals surface area contributed by atoms with Crippen molar-refractivity contribution in [2.24, 2.45) is 0 Å². The van der Waals surface area contributed by atoms with E-state index in [4.69, 9.17) is 9.90 Å². The molecule has 1 saturated heterocycles. The number of carbonyl (C=O) groups is 1. The van der Waals surface area contributed by atoms with Crippen LogP contribution in [-0.2, 0) is 11.3 Å². The summed E-state index contributed by atoms with van der Waals surface area (Å²) in [6.45, 7) is 7.31. The van der Waals surface area contributed by atoms with Crippen LogP contribution in [-0.4, -0.2) is 36.3 Å². The van der Waals surface area contributed by atoms with E-state index in [1.807, 2.05) is 12.1 Å². The van der Waals surface area contributed by atoms with Crippen LogP contribution in [0.2, 0.25) is 0 Å². The molecular weight excluding hydrogens is 398 g/mol. The van der Waals surface area contributed by atoms with Gasteiger partial charge in [-0.1, -0.05) is 57.6 Å². The molecule has 1 aliphatic rings. The number of alkyl halides is 3. The van der Waals surface area contributed by atoms with Crippen LogP contribution >= 0.6 is 0 Å². The topological polar surface area (TPSA) is 40.1 Å². The van der Waals surface area contributed by atoms with E-state index in [1.54, 1.807) is 12.1 Å². The average molecular weight is 434 g/mol. The molecule has 3 nitrogen and oxygen atoms in total. The fourth-order valence-corrected chi connectivity index (χ4v) is 4.03. The Balaban J connectivity index is 0.000000553. The highest BCUT2D eigenvalue weighted by Crippen LogP contribution is 2.25. The van der Waals surface area contributed by atoms with Crippen molar-refractivity contribution in [3.05, 3.63) is 35.6 Å². The molecule has 172 valence electrons. The summed E-state index contributed by atoms with van der Waals surface area (Å²) in [5, 5.41) is 8.78. The van der Waals surface area contributed by atoms with E-state index in [-0.39, 0.29) is 5.82 Å². The van der Waals surface area contributed by atoms with Crippen molar-refractivity contribution in [2.75, 3.05) is 19.6 Å². The molecule has 0 atom stereocenters. The summed E-state index contributed by atoms with van der Waals surface area (Å²) in [4.78, 5) is 8.78. The van der Waals surface area contributed by atoms with E-state index in [2.05, 4.69) is 6.92 Å². The van der Waals surface area contributed by atoms with Gasteiger partial charge >= 0.3 is 6.18 Å². The van der Waals surface area contributed by atoms with Gasteiger partial charge in [0.2, 0.25) is 0 Å². The van der Waals surface area contributed by atoms with Gasteiger partial charge in [-0.15, -0.1) is 0 Å². The summed E-state index contributed by atoms with van der Waals surface area (Å²) in [5.41, 5.74) is 1.30. The Labute approximate surface area is 177 Å². The lowest BCUT2D eigenvalue weighted by atomic mass is 10.1. The van der Waals surface area contributed by atoms with Gasteiger partial charge in [-0.25, -0.2) is 4.39 Å². The van der Waals surface area contributed by atoms with Gasteiger partial charge in [0.1, 0.15) is 18.3 Å². The fourth-order valence-electron chi connectivity index (χ4n) is 4.03. The van der Waals surface area contributed by atoms with Crippen molar-refractivity contribution in [3.8, 4) is 0 Å². The number of hydrogen-bond acceptors (Lipinski definition) is 2. The van der Waals surface area contributed by atoms with E-state index < -0.39 is 12.1 Å². The number of hydrogen-bond donors (Lipinski definition) is 0. The molecular formula is C23H35F4NO2. The molecule has 2 rings (SSSR count). The van der Waals surface area contributed by atoms with Crippen LogP contribution < -0.4 is 5.11 Å². The molecule has 7 heteroatoms. The Morgan fingerprint density at radius 2 is 1.40 bits per heavy atom. The average Bonchev–Trinajstić information content (AvgIpc) is 3.14. The van der Waals surface area contributed by atoms with Gasteiger partial charge in [-0.05, 0) is 25.0 Å². The molecule has 1 fully saturated rings. The lowest BCUT2D eigenvalue weighted by molar-refractivity contribution is -0.930. The molecule has 1 aliphatic heterocycles. The molecule has 0 saturated carbocycles. The summed E-state index contributed by atoms with van der Waals surface area (Å²) < 4.78 is 45.9. The predicted molar refractivity (Wildman–Crippen MR) is 108 cm³/mol. The Kier molecular flexibility index (Phi) is 12.0. The number of carboxylic acids is 1. The minimum atomic E-state index is -5.19. The lowest BCUT2D eigenvalue weighted by Crippen LogP contribution is -2.45. The second kappa shape index (κ2) is 13.6. The minimum Gasteiger partial charge on any atom is -0.542 e. The Bertz CT molecular complexity index is 596. The first-order chi connectivity index (χ1) is 14.2. The van der Waals surface area contributed by atoms with Crippen LogP contribution in [0.5, 0.6) is 0 Å². The summed E-state index contributed by atoms with van der Waals surface area (Å²) in [6, 6.07) is 7.17. The highest BCUT2D eigenvalue weighted by molar-refractivity contribution is 5.70. The van der Waals surface area contributed by atoms with E-state index in [9.17, 15) is 17.6 Å². The number of benzene rings is 1. The monoisotopic (exact) mass is 433 g/mol. The van der Waals surface area contributed by atoms with Crippen molar-refractivity contribution >= 4 is 5.97 Å². The van der Waals surface area contributed by atoms with Crippen LogP contribution in [0.15, 0.2) is 24.3 Å². The van der Waals surface area contributed by atoms with Gasteiger partial charge in [0.05, 0.1) is 19.6 Å². The van der Waals surface area contributed by atoms with Gasteiger partial charge in [0, 0.05) is 18.4 Å². The van der Waals surface area contributed by atoms with Crippen LogP contribution in [0.25, 0.3) is 0 Å². The Morgan fingerprint density at radius 1 is 0.933 bits per heavy atom. The highest BCUT2D eigenvalue weighted by Gasteiger charge is 2.31. The molecule has 0 bridgehead atoms. The number of nitrogens with zero attached hydrogens (tertiary/aromatic N) is 1. The number of aliphatic carboxylic acids is 1. The number of quaternary nitrogens is 1. The second-order valence-electron chi connectivity index (χ2n) is 8.26. The Hall–Kier alpha value is -1.63. The van der Waals surface area contributed by atoms with Crippen LogP contribution in [0.3, 0.4) is 0 Å². The number of carbonyl (C=O) groups excluding carboxylic acids is 1. The van der Waals surface area contributed by atoms with Crippen LogP contribution in [0.4, 0.5) is 17.6 Å². The summed E-state index contributed by atoms with van der Waals surface area (Å²) in [6.07, 6.45) is 8.66. The zero-order chi connectivity index (χ0) is 22.5. The van der Waals surface area contributed by atoms with Crippen molar-refractivity contribution < 1.29 is 31.9 Å². The maximum absolute atomic E-state index is 13.1. The van der Waals surface area contributed by atoms with Gasteiger partial charge in [0.15, 0.2) is 0 Å². The van der Waals surface area contributed by atoms with Crippen LogP contribution in [0.1, 0.15) is 76.7 Å². The van der Waals surface area contributed by atoms with Crippen molar-refractivity contribution in [3.63, 3.8) is 0 Å². The summed E-state index contributed by atoms with van der Waals surface area (Å²) >= 11 is 0. The van der Waals surface area contributed by atoms with Gasteiger partial charge in [-0.3, -0.25) is 0 Å². The third-order valence-corrected chi connectivity index (χ3v) is 5.66.